The summed E-state index contributed by atoms with van der Waals surface area (Å²) in [5, 5.41) is 0. The van der Waals surface area contributed by atoms with Gasteiger partial charge in [-0.15, -0.1) is 0 Å². The lowest BCUT2D eigenvalue weighted by Gasteiger charge is -2.25. The number of carbonyl (C=O) groups excluding carboxylic acids is 1. The fourth-order valence-electron chi connectivity index (χ4n) is 2.56. The first-order chi connectivity index (χ1) is 8.85. The highest BCUT2D eigenvalue weighted by Gasteiger charge is 2.28. The molecule has 1 fully saturated rings. The number of benzene rings is 1. The second-order valence-corrected chi connectivity index (χ2v) is 4.79. The van der Waals surface area contributed by atoms with Gasteiger partial charge in [0.05, 0.1) is 6.61 Å². The highest BCUT2D eigenvalue weighted by atomic mass is 16.5. The summed E-state index contributed by atoms with van der Waals surface area (Å²) in [7, 11) is 0. The van der Waals surface area contributed by atoms with E-state index in [9.17, 15) is 4.79 Å². The Kier molecular flexibility index (Phi) is 4.90. The third-order valence-electron chi connectivity index (χ3n) is 3.47. The van der Waals surface area contributed by atoms with Crippen LogP contribution >= 0.6 is 0 Å². The SMILES string of the molecule is CCCN1CCOC(C=O)C(c2ccccc2)C1. The Morgan fingerprint density at radius 1 is 1.39 bits per heavy atom. The summed E-state index contributed by atoms with van der Waals surface area (Å²) in [4.78, 5) is 13.6. The molecule has 2 unspecified atom stereocenters. The Bertz CT molecular complexity index is 366. The fraction of sp³-hybridized carbons (Fsp3) is 0.533. The van der Waals surface area contributed by atoms with Gasteiger partial charge in [-0.05, 0) is 18.5 Å². The van der Waals surface area contributed by atoms with E-state index < -0.39 is 0 Å². The van der Waals surface area contributed by atoms with Gasteiger partial charge in [0.1, 0.15) is 12.4 Å². The molecule has 0 bridgehead atoms. The van der Waals surface area contributed by atoms with E-state index in [0.29, 0.717) is 6.61 Å². The zero-order valence-electron chi connectivity index (χ0n) is 10.9. The molecule has 1 saturated heterocycles. The molecule has 0 saturated carbocycles. The molecule has 18 heavy (non-hydrogen) atoms. The zero-order valence-corrected chi connectivity index (χ0v) is 10.9. The van der Waals surface area contributed by atoms with Crippen molar-refractivity contribution in [1.29, 1.82) is 0 Å². The third kappa shape index (κ3) is 3.18. The predicted octanol–water partition coefficient (Wildman–Crippen LogP) is 2.08. The van der Waals surface area contributed by atoms with Gasteiger partial charge in [0.15, 0.2) is 0 Å². The molecule has 0 aliphatic carbocycles. The molecule has 0 N–H and O–H groups in total. The molecule has 1 aliphatic rings. The van der Waals surface area contributed by atoms with Gasteiger partial charge in [-0.1, -0.05) is 37.3 Å². The van der Waals surface area contributed by atoms with E-state index in [4.69, 9.17) is 4.74 Å². The second kappa shape index (κ2) is 6.66. The second-order valence-electron chi connectivity index (χ2n) is 4.79. The van der Waals surface area contributed by atoms with Crippen LogP contribution < -0.4 is 0 Å². The Hall–Kier alpha value is -1.19. The monoisotopic (exact) mass is 247 g/mol. The van der Waals surface area contributed by atoms with Crippen molar-refractivity contribution in [2.75, 3.05) is 26.2 Å². The average Bonchev–Trinajstić information content (AvgIpc) is 2.62. The largest absolute Gasteiger partial charge is 0.369 e. The van der Waals surface area contributed by atoms with Crippen molar-refractivity contribution >= 4 is 6.29 Å². The van der Waals surface area contributed by atoms with Crippen LogP contribution in [0, 0.1) is 0 Å². The van der Waals surface area contributed by atoms with Crippen molar-refractivity contribution in [2.45, 2.75) is 25.4 Å². The normalized spacial score (nSPS) is 25.6. The van der Waals surface area contributed by atoms with E-state index in [1.54, 1.807) is 0 Å². The van der Waals surface area contributed by atoms with Crippen molar-refractivity contribution in [2.24, 2.45) is 0 Å². The quantitative estimate of drug-likeness (QED) is 0.763. The minimum absolute atomic E-state index is 0.151. The van der Waals surface area contributed by atoms with Crippen molar-refractivity contribution in [3.05, 3.63) is 35.9 Å². The number of rotatable bonds is 4. The summed E-state index contributed by atoms with van der Waals surface area (Å²) in [6, 6.07) is 10.2. The topological polar surface area (TPSA) is 29.5 Å². The molecule has 1 aromatic carbocycles. The lowest BCUT2D eigenvalue weighted by molar-refractivity contribution is -0.118. The zero-order chi connectivity index (χ0) is 12.8. The van der Waals surface area contributed by atoms with Crippen LogP contribution in [0.25, 0.3) is 0 Å². The summed E-state index contributed by atoms with van der Waals surface area (Å²) in [5.74, 6) is 0.151. The molecule has 0 spiro atoms. The van der Waals surface area contributed by atoms with Crippen LogP contribution in [-0.2, 0) is 9.53 Å². The van der Waals surface area contributed by atoms with E-state index in [0.717, 1.165) is 32.3 Å². The summed E-state index contributed by atoms with van der Waals surface area (Å²) in [5.41, 5.74) is 1.19. The maximum absolute atomic E-state index is 11.2. The van der Waals surface area contributed by atoms with E-state index in [2.05, 4.69) is 24.0 Å². The molecular weight excluding hydrogens is 226 g/mol. The standard InChI is InChI=1S/C15H21NO2/c1-2-8-16-9-10-18-15(12-17)14(11-16)13-6-4-3-5-7-13/h3-7,12,14-15H,2,8-11H2,1H3. The molecular formula is C15H21NO2. The first-order valence-corrected chi connectivity index (χ1v) is 6.69. The van der Waals surface area contributed by atoms with Crippen LogP contribution in [0.2, 0.25) is 0 Å². The first-order valence-electron chi connectivity index (χ1n) is 6.69. The van der Waals surface area contributed by atoms with Crippen LogP contribution in [0.15, 0.2) is 30.3 Å². The molecule has 1 aliphatic heterocycles. The maximum Gasteiger partial charge on any atom is 0.149 e. The molecule has 0 aromatic heterocycles. The van der Waals surface area contributed by atoms with Crippen molar-refractivity contribution in [3.63, 3.8) is 0 Å². The van der Waals surface area contributed by atoms with E-state index in [1.165, 1.54) is 5.56 Å². The van der Waals surface area contributed by atoms with E-state index >= 15 is 0 Å². The van der Waals surface area contributed by atoms with Crippen molar-refractivity contribution in [1.82, 2.24) is 4.90 Å². The Morgan fingerprint density at radius 3 is 2.83 bits per heavy atom. The summed E-state index contributed by atoms with van der Waals surface area (Å²) in [6.45, 7) is 5.72. The minimum atomic E-state index is -0.311. The molecule has 1 heterocycles. The molecule has 3 nitrogen and oxygen atoms in total. The maximum atomic E-state index is 11.2. The van der Waals surface area contributed by atoms with Gasteiger partial charge in [0, 0.05) is 19.0 Å². The highest BCUT2D eigenvalue weighted by Crippen LogP contribution is 2.24. The Balaban J connectivity index is 2.18. The minimum Gasteiger partial charge on any atom is -0.369 e. The molecule has 3 heteroatoms. The number of ether oxygens (including phenoxy) is 1. The van der Waals surface area contributed by atoms with Crippen molar-refractivity contribution < 1.29 is 9.53 Å². The lowest BCUT2D eigenvalue weighted by atomic mass is 9.93. The Morgan fingerprint density at radius 2 is 2.17 bits per heavy atom. The van der Waals surface area contributed by atoms with Crippen LogP contribution in [0.4, 0.5) is 0 Å². The van der Waals surface area contributed by atoms with E-state index in [-0.39, 0.29) is 12.0 Å². The van der Waals surface area contributed by atoms with Crippen molar-refractivity contribution in [3.8, 4) is 0 Å². The van der Waals surface area contributed by atoms with Crippen LogP contribution in [0.1, 0.15) is 24.8 Å². The number of hydrogen-bond acceptors (Lipinski definition) is 3. The van der Waals surface area contributed by atoms with Gasteiger partial charge in [-0.3, -0.25) is 0 Å². The molecule has 98 valence electrons. The number of nitrogens with zero attached hydrogens (tertiary/aromatic N) is 1. The lowest BCUT2D eigenvalue weighted by Crippen LogP contribution is -2.32. The number of carbonyl (C=O) groups is 1. The first kappa shape index (κ1) is 13.2. The van der Waals surface area contributed by atoms with Gasteiger partial charge in [0.25, 0.3) is 0 Å². The molecule has 0 amide bonds. The molecule has 0 radical (unpaired) electrons. The van der Waals surface area contributed by atoms with Gasteiger partial charge >= 0.3 is 0 Å². The smallest absolute Gasteiger partial charge is 0.149 e. The summed E-state index contributed by atoms with van der Waals surface area (Å²) < 4.78 is 5.69. The van der Waals surface area contributed by atoms with Crippen LogP contribution in [0.5, 0.6) is 0 Å². The van der Waals surface area contributed by atoms with Gasteiger partial charge in [-0.2, -0.15) is 0 Å². The third-order valence-corrected chi connectivity index (χ3v) is 3.47. The van der Waals surface area contributed by atoms with E-state index in [1.807, 2.05) is 18.2 Å². The fourth-order valence-corrected chi connectivity index (χ4v) is 2.56. The Labute approximate surface area is 109 Å². The van der Waals surface area contributed by atoms with Gasteiger partial charge < -0.3 is 14.4 Å². The van der Waals surface area contributed by atoms with Gasteiger partial charge in [-0.25, -0.2) is 0 Å². The predicted molar refractivity (Wildman–Crippen MR) is 71.7 cm³/mol. The number of aldehydes is 1. The summed E-state index contributed by atoms with van der Waals surface area (Å²) in [6.07, 6.45) is 1.77. The van der Waals surface area contributed by atoms with Crippen LogP contribution in [0.3, 0.4) is 0 Å². The highest BCUT2D eigenvalue weighted by molar-refractivity contribution is 5.58. The number of hydrogen-bond donors (Lipinski definition) is 0. The molecule has 2 atom stereocenters. The van der Waals surface area contributed by atoms with Crippen LogP contribution in [-0.4, -0.2) is 43.5 Å². The van der Waals surface area contributed by atoms with Gasteiger partial charge in [0.2, 0.25) is 0 Å². The molecule has 2 rings (SSSR count). The molecule has 1 aromatic rings. The summed E-state index contributed by atoms with van der Waals surface area (Å²) >= 11 is 0. The average molecular weight is 247 g/mol.